The van der Waals surface area contributed by atoms with Crippen LogP contribution in [-0.2, 0) is 16.6 Å². The molecule has 0 aliphatic heterocycles. The number of hydrogen-bond acceptors (Lipinski definition) is 6. The maximum atomic E-state index is 13.2. The number of amides is 1. The SMILES string of the molecule is COc1ccc(S(=O)(=O)N(C)c2ccc3sc(C(=O)NCc4ccccc4)cc3c2)cc1OC. The summed E-state index contributed by atoms with van der Waals surface area (Å²) >= 11 is 1.36. The number of rotatable bonds is 8. The van der Waals surface area contributed by atoms with E-state index in [2.05, 4.69) is 5.32 Å². The molecule has 0 spiro atoms. The molecule has 0 atom stereocenters. The van der Waals surface area contributed by atoms with Crippen LogP contribution >= 0.6 is 11.3 Å². The van der Waals surface area contributed by atoms with Gasteiger partial charge in [-0.25, -0.2) is 8.42 Å². The molecule has 0 saturated carbocycles. The number of benzene rings is 3. The molecule has 9 heteroatoms. The van der Waals surface area contributed by atoms with Crippen LogP contribution in [-0.4, -0.2) is 35.6 Å². The Bertz CT molecular complexity index is 1430. The first-order valence-electron chi connectivity index (χ1n) is 10.4. The number of sulfonamides is 1. The number of fused-ring (bicyclic) bond motifs is 1. The van der Waals surface area contributed by atoms with Crippen LogP contribution in [0.2, 0.25) is 0 Å². The average Bonchev–Trinajstić information content (AvgIpc) is 3.30. The standard InChI is InChI=1S/C25H24N2O5S2/c1-27(34(29,30)20-10-11-21(31-2)22(15-20)32-3)19-9-12-23-18(13-19)14-24(33-23)25(28)26-16-17-7-5-4-6-8-17/h4-15H,16H2,1-3H3,(H,26,28). The summed E-state index contributed by atoms with van der Waals surface area (Å²) in [6, 6.07) is 21.2. The Morgan fingerprint density at radius 2 is 1.68 bits per heavy atom. The van der Waals surface area contributed by atoms with Gasteiger partial charge in [-0.1, -0.05) is 30.3 Å². The first-order valence-corrected chi connectivity index (χ1v) is 12.7. The number of anilines is 1. The highest BCUT2D eigenvalue weighted by Gasteiger charge is 2.23. The molecule has 4 rings (SSSR count). The van der Waals surface area contributed by atoms with Crippen molar-refractivity contribution in [2.45, 2.75) is 11.4 Å². The van der Waals surface area contributed by atoms with E-state index < -0.39 is 10.0 Å². The van der Waals surface area contributed by atoms with Gasteiger partial charge in [0.1, 0.15) is 0 Å². The summed E-state index contributed by atoms with van der Waals surface area (Å²) in [7, 11) is 0.593. The second-order valence-corrected chi connectivity index (χ2v) is 10.5. The molecule has 0 saturated heterocycles. The number of carbonyl (C=O) groups excluding carboxylic acids is 1. The molecule has 1 N–H and O–H groups in total. The fraction of sp³-hybridized carbons (Fsp3) is 0.160. The highest BCUT2D eigenvalue weighted by molar-refractivity contribution is 7.92. The van der Waals surface area contributed by atoms with Crippen LogP contribution in [0.1, 0.15) is 15.2 Å². The molecule has 0 bridgehead atoms. The molecular formula is C25H24N2O5S2. The van der Waals surface area contributed by atoms with Crippen molar-refractivity contribution in [2.75, 3.05) is 25.6 Å². The van der Waals surface area contributed by atoms with E-state index in [0.29, 0.717) is 28.6 Å². The van der Waals surface area contributed by atoms with Crippen LogP contribution in [0.3, 0.4) is 0 Å². The maximum absolute atomic E-state index is 13.2. The van der Waals surface area contributed by atoms with Crippen molar-refractivity contribution in [3.63, 3.8) is 0 Å². The zero-order valence-corrected chi connectivity index (χ0v) is 20.6. The number of ether oxygens (including phenoxy) is 2. The topological polar surface area (TPSA) is 84.9 Å². The second kappa shape index (κ2) is 9.74. The minimum Gasteiger partial charge on any atom is -0.493 e. The predicted octanol–water partition coefficient (Wildman–Crippen LogP) is 4.67. The molecule has 3 aromatic carbocycles. The Morgan fingerprint density at radius 3 is 2.38 bits per heavy atom. The molecule has 0 aliphatic carbocycles. The highest BCUT2D eigenvalue weighted by atomic mass is 32.2. The van der Waals surface area contributed by atoms with Crippen LogP contribution in [0.15, 0.2) is 77.7 Å². The Hall–Kier alpha value is -3.56. The Balaban J connectivity index is 1.57. The second-order valence-electron chi connectivity index (χ2n) is 7.49. The molecule has 1 heterocycles. The van der Waals surface area contributed by atoms with Crippen LogP contribution in [0.5, 0.6) is 11.5 Å². The summed E-state index contributed by atoms with van der Waals surface area (Å²) in [6.07, 6.45) is 0. The van der Waals surface area contributed by atoms with E-state index in [4.69, 9.17) is 9.47 Å². The fourth-order valence-corrected chi connectivity index (χ4v) is 5.64. The normalized spacial score (nSPS) is 11.3. The first-order chi connectivity index (χ1) is 16.3. The Labute approximate surface area is 202 Å². The molecule has 0 fully saturated rings. The van der Waals surface area contributed by atoms with Gasteiger partial charge in [-0.05, 0) is 47.3 Å². The van der Waals surface area contributed by atoms with Crippen LogP contribution < -0.4 is 19.1 Å². The lowest BCUT2D eigenvalue weighted by molar-refractivity contribution is 0.0955. The molecule has 1 amide bonds. The van der Waals surface area contributed by atoms with E-state index in [1.165, 1.54) is 49.0 Å². The van der Waals surface area contributed by atoms with E-state index in [1.54, 1.807) is 24.3 Å². The number of methoxy groups -OCH3 is 2. The van der Waals surface area contributed by atoms with E-state index in [9.17, 15) is 13.2 Å². The molecule has 0 radical (unpaired) electrons. The lowest BCUT2D eigenvalue weighted by Crippen LogP contribution is -2.26. The summed E-state index contributed by atoms with van der Waals surface area (Å²) in [5.41, 5.74) is 1.50. The average molecular weight is 497 g/mol. The van der Waals surface area contributed by atoms with Crippen LogP contribution in [0.25, 0.3) is 10.1 Å². The van der Waals surface area contributed by atoms with Crippen molar-refractivity contribution < 1.29 is 22.7 Å². The summed E-state index contributed by atoms with van der Waals surface area (Å²) in [6.45, 7) is 0.436. The van der Waals surface area contributed by atoms with Gasteiger partial charge in [0.2, 0.25) is 0 Å². The lowest BCUT2D eigenvalue weighted by atomic mass is 10.2. The van der Waals surface area contributed by atoms with Gasteiger partial charge in [-0.2, -0.15) is 0 Å². The van der Waals surface area contributed by atoms with Gasteiger partial charge in [0, 0.05) is 24.4 Å². The monoisotopic (exact) mass is 496 g/mol. The van der Waals surface area contributed by atoms with Gasteiger partial charge in [0.25, 0.3) is 15.9 Å². The molecule has 7 nitrogen and oxygen atoms in total. The van der Waals surface area contributed by atoms with E-state index >= 15 is 0 Å². The number of hydrogen-bond donors (Lipinski definition) is 1. The van der Waals surface area contributed by atoms with Crippen LogP contribution in [0, 0.1) is 0 Å². The van der Waals surface area contributed by atoms with Crippen molar-refractivity contribution in [1.29, 1.82) is 0 Å². The van der Waals surface area contributed by atoms with Gasteiger partial charge in [-0.15, -0.1) is 11.3 Å². The van der Waals surface area contributed by atoms with E-state index in [1.807, 2.05) is 36.4 Å². The molecule has 34 heavy (non-hydrogen) atoms. The smallest absolute Gasteiger partial charge is 0.264 e. The lowest BCUT2D eigenvalue weighted by Gasteiger charge is -2.20. The third-order valence-corrected chi connectivity index (χ3v) is 8.29. The van der Waals surface area contributed by atoms with Crippen molar-refractivity contribution in [3.05, 3.63) is 83.2 Å². The Morgan fingerprint density at radius 1 is 0.941 bits per heavy atom. The van der Waals surface area contributed by atoms with Gasteiger partial charge < -0.3 is 14.8 Å². The number of nitrogens with one attached hydrogen (secondary N) is 1. The maximum Gasteiger partial charge on any atom is 0.264 e. The van der Waals surface area contributed by atoms with Crippen molar-refractivity contribution in [1.82, 2.24) is 5.32 Å². The third-order valence-electron chi connectivity index (χ3n) is 5.40. The van der Waals surface area contributed by atoms with Gasteiger partial charge in [0.05, 0.1) is 29.7 Å². The van der Waals surface area contributed by atoms with Gasteiger partial charge >= 0.3 is 0 Å². The highest BCUT2D eigenvalue weighted by Crippen LogP contribution is 2.34. The zero-order valence-electron chi connectivity index (χ0n) is 18.9. The number of thiophene rings is 1. The number of carbonyl (C=O) groups is 1. The minimum atomic E-state index is -3.85. The molecule has 0 unspecified atom stereocenters. The molecular weight excluding hydrogens is 472 g/mol. The molecule has 0 aliphatic rings. The molecule has 4 aromatic rings. The van der Waals surface area contributed by atoms with E-state index in [0.717, 1.165) is 15.6 Å². The fourth-order valence-electron chi connectivity index (χ4n) is 3.48. The van der Waals surface area contributed by atoms with Crippen molar-refractivity contribution in [3.8, 4) is 11.5 Å². The first kappa shape index (κ1) is 23.6. The molecule has 176 valence electrons. The van der Waals surface area contributed by atoms with Crippen molar-refractivity contribution >= 4 is 43.0 Å². The molecule has 1 aromatic heterocycles. The third kappa shape index (κ3) is 4.71. The zero-order chi connectivity index (χ0) is 24.3. The summed E-state index contributed by atoms with van der Waals surface area (Å²) in [4.78, 5) is 13.3. The quantitative estimate of drug-likeness (QED) is 0.383. The van der Waals surface area contributed by atoms with Crippen molar-refractivity contribution in [2.24, 2.45) is 0 Å². The largest absolute Gasteiger partial charge is 0.493 e. The van der Waals surface area contributed by atoms with Crippen LogP contribution in [0.4, 0.5) is 5.69 Å². The van der Waals surface area contributed by atoms with Gasteiger partial charge in [0.15, 0.2) is 11.5 Å². The van der Waals surface area contributed by atoms with Gasteiger partial charge in [-0.3, -0.25) is 9.10 Å². The summed E-state index contributed by atoms with van der Waals surface area (Å²) in [5.74, 6) is 0.608. The van der Waals surface area contributed by atoms with E-state index in [-0.39, 0.29) is 10.8 Å². The number of nitrogens with zero attached hydrogens (tertiary/aromatic N) is 1. The predicted molar refractivity (Wildman–Crippen MR) is 135 cm³/mol. The summed E-state index contributed by atoms with van der Waals surface area (Å²) < 4.78 is 39.0. The minimum absolute atomic E-state index is 0.0824. The summed E-state index contributed by atoms with van der Waals surface area (Å²) in [5, 5.41) is 3.72. The Kier molecular flexibility index (Phi) is 6.76.